The van der Waals surface area contributed by atoms with E-state index in [1.165, 1.54) is 12.1 Å². The predicted octanol–water partition coefficient (Wildman–Crippen LogP) is 2.25. The van der Waals surface area contributed by atoms with E-state index in [1.807, 2.05) is 13.0 Å². The number of benzene rings is 1. The van der Waals surface area contributed by atoms with Crippen LogP contribution in [0.1, 0.15) is 31.7 Å². The van der Waals surface area contributed by atoms with Crippen LogP contribution in [0.3, 0.4) is 0 Å². The number of halogens is 1. The summed E-state index contributed by atoms with van der Waals surface area (Å²) in [6, 6.07) is 6.53. The van der Waals surface area contributed by atoms with Gasteiger partial charge in [0, 0.05) is 31.1 Å². The molecule has 1 aromatic carbocycles. The fourth-order valence-corrected chi connectivity index (χ4v) is 4.17. The molecule has 0 saturated carbocycles. The highest BCUT2D eigenvalue weighted by Crippen LogP contribution is 2.32. The summed E-state index contributed by atoms with van der Waals surface area (Å²) < 4.78 is 42.6. The van der Waals surface area contributed by atoms with E-state index in [1.54, 1.807) is 6.07 Å². The molecule has 1 saturated heterocycles. The van der Waals surface area contributed by atoms with E-state index in [-0.39, 0.29) is 17.3 Å². The molecule has 0 radical (unpaired) electrons. The molecule has 0 spiro atoms. The summed E-state index contributed by atoms with van der Waals surface area (Å²) in [6.45, 7) is 3.41. The van der Waals surface area contributed by atoms with E-state index in [0.717, 1.165) is 5.56 Å². The van der Waals surface area contributed by atoms with Crippen LogP contribution in [0.2, 0.25) is 0 Å². The number of nitrogens with one attached hydrogen (secondary N) is 1. The minimum Gasteiger partial charge on any atom is -0.381 e. The summed E-state index contributed by atoms with van der Waals surface area (Å²) in [7, 11) is -3.02. The molecule has 0 bridgehead atoms. The minimum atomic E-state index is -3.02. The molecule has 1 fully saturated rings. The van der Waals surface area contributed by atoms with E-state index >= 15 is 0 Å². The lowest BCUT2D eigenvalue weighted by Crippen LogP contribution is -2.48. The van der Waals surface area contributed by atoms with Crippen LogP contribution in [-0.2, 0) is 20.1 Å². The van der Waals surface area contributed by atoms with Crippen molar-refractivity contribution < 1.29 is 17.5 Å². The second kappa shape index (κ2) is 7.53. The highest BCUT2D eigenvalue weighted by atomic mass is 32.2. The zero-order valence-corrected chi connectivity index (χ0v) is 13.8. The first-order chi connectivity index (χ1) is 10.5. The van der Waals surface area contributed by atoms with Crippen molar-refractivity contribution in [1.29, 1.82) is 0 Å². The molecule has 1 heterocycles. The third-order valence-electron chi connectivity index (χ3n) is 4.12. The van der Waals surface area contributed by atoms with Crippen molar-refractivity contribution in [3.05, 3.63) is 35.6 Å². The summed E-state index contributed by atoms with van der Waals surface area (Å²) in [6.07, 6.45) is 2.06. The van der Waals surface area contributed by atoms with Gasteiger partial charge in [-0.2, -0.15) is 0 Å². The molecule has 6 heteroatoms. The molecule has 0 atom stereocenters. The molecule has 0 aliphatic carbocycles. The van der Waals surface area contributed by atoms with Gasteiger partial charge < -0.3 is 10.1 Å². The maximum atomic E-state index is 13.5. The third kappa shape index (κ3) is 4.51. The zero-order valence-electron chi connectivity index (χ0n) is 13.0. The Labute approximate surface area is 132 Å². The summed E-state index contributed by atoms with van der Waals surface area (Å²) in [5, 5.41) is 3.37. The van der Waals surface area contributed by atoms with Gasteiger partial charge in [-0.25, -0.2) is 12.8 Å². The smallest absolute Gasteiger partial charge is 0.151 e. The van der Waals surface area contributed by atoms with Gasteiger partial charge in [-0.15, -0.1) is 0 Å². The monoisotopic (exact) mass is 329 g/mol. The fraction of sp³-hybridized carbons (Fsp3) is 0.625. The Morgan fingerprint density at radius 1 is 1.27 bits per heavy atom. The predicted molar refractivity (Wildman–Crippen MR) is 85.1 cm³/mol. The summed E-state index contributed by atoms with van der Waals surface area (Å²) in [4.78, 5) is 0. The molecule has 0 aromatic heterocycles. The lowest BCUT2D eigenvalue weighted by molar-refractivity contribution is 0.0373. The molecule has 1 aliphatic rings. The topological polar surface area (TPSA) is 55.4 Å². The van der Waals surface area contributed by atoms with Gasteiger partial charge in [0.25, 0.3) is 0 Å². The van der Waals surface area contributed by atoms with Crippen LogP contribution in [-0.4, -0.2) is 39.7 Å². The van der Waals surface area contributed by atoms with E-state index in [2.05, 4.69) is 5.32 Å². The molecular formula is C16H24FNO3S. The van der Waals surface area contributed by atoms with E-state index in [9.17, 15) is 12.8 Å². The molecule has 1 aromatic rings. The maximum absolute atomic E-state index is 13.5. The lowest BCUT2D eigenvalue weighted by atomic mass is 9.82. The first-order valence-electron chi connectivity index (χ1n) is 7.77. The average molecular weight is 329 g/mol. The minimum absolute atomic E-state index is 0.110. The Bertz CT molecular complexity index is 583. The van der Waals surface area contributed by atoms with Crippen LogP contribution in [0.15, 0.2) is 24.3 Å². The first kappa shape index (κ1) is 17.4. The first-order valence-corrected chi connectivity index (χ1v) is 9.59. The Morgan fingerprint density at radius 3 is 2.64 bits per heavy atom. The summed E-state index contributed by atoms with van der Waals surface area (Å²) in [5.74, 6) is 0.0486. The molecule has 4 nitrogen and oxygen atoms in total. The van der Waals surface area contributed by atoms with E-state index in [4.69, 9.17) is 4.74 Å². The van der Waals surface area contributed by atoms with Gasteiger partial charge in [0.05, 0.1) is 5.75 Å². The van der Waals surface area contributed by atoms with Gasteiger partial charge in [0.1, 0.15) is 5.82 Å². The largest absolute Gasteiger partial charge is 0.381 e. The van der Waals surface area contributed by atoms with Gasteiger partial charge in [-0.1, -0.05) is 19.1 Å². The average Bonchev–Trinajstić information content (AvgIpc) is 2.48. The molecule has 124 valence electrons. The van der Waals surface area contributed by atoms with E-state index in [0.29, 0.717) is 39.0 Å². The molecule has 0 unspecified atom stereocenters. The van der Waals surface area contributed by atoms with Crippen molar-refractivity contribution >= 4 is 9.84 Å². The number of sulfone groups is 1. The molecular weight excluding hydrogens is 305 g/mol. The van der Waals surface area contributed by atoms with Crippen LogP contribution in [0.25, 0.3) is 0 Å². The number of hydrogen-bond donors (Lipinski definition) is 1. The quantitative estimate of drug-likeness (QED) is 0.833. The highest BCUT2D eigenvalue weighted by molar-refractivity contribution is 7.91. The maximum Gasteiger partial charge on any atom is 0.151 e. The third-order valence-corrected chi connectivity index (χ3v) is 5.97. The molecule has 22 heavy (non-hydrogen) atoms. The normalized spacial score (nSPS) is 18.3. The highest BCUT2D eigenvalue weighted by Gasteiger charge is 2.34. The molecule has 1 aliphatic heterocycles. The van der Waals surface area contributed by atoms with Crippen LogP contribution in [0.5, 0.6) is 0 Å². The number of ether oxygens (including phenoxy) is 1. The van der Waals surface area contributed by atoms with Crippen molar-refractivity contribution in [1.82, 2.24) is 5.32 Å². The van der Waals surface area contributed by atoms with Crippen molar-refractivity contribution in [2.24, 2.45) is 0 Å². The van der Waals surface area contributed by atoms with E-state index < -0.39 is 15.4 Å². The second-order valence-electron chi connectivity index (χ2n) is 5.78. The SMILES string of the molecule is CCCS(=O)(=O)CCNC1(c2cccc(F)c2)CCOCC1. The molecule has 2 rings (SSSR count). The van der Waals surface area contributed by atoms with Crippen molar-refractivity contribution in [2.75, 3.05) is 31.3 Å². The van der Waals surface area contributed by atoms with Gasteiger partial charge in [-0.05, 0) is 37.0 Å². The second-order valence-corrected chi connectivity index (χ2v) is 8.09. The van der Waals surface area contributed by atoms with Gasteiger partial charge in [-0.3, -0.25) is 0 Å². The Kier molecular flexibility index (Phi) is 5.94. The standard InChI is InChI=1S/C16H24FNO3S/c1-2-11-22(19,20)12-8-18-16(6-9-21-10-7-16)14-4-3-5-15(17)13-14/h3-5,13,18H,2,6-12H2,1H3. The molecule has 1 N–H and O–H groups in total. The van der Waals surface area contributed by atoms with Gasteiger partial charge in [0.2, 0.25) is 0 Å². The zero-order chi connectivity index (χ0) is 16.1. The Morgan fingerprint density at radius 2 is 2.00 bits per heavy atom. The van der Waals surface area contributed by atoms with Gasteiger partial charge in [0.15, 0.2) is 9.84 Å². The summed E-state index contributed by atoms with van der Waals surface area (Å²) >= 11 is 0. The summed E-state index contributed by atoms with van der Waals surface area (Å²) in [5.41, 5.74) is 0.464. The number of hydrogen-bond acceptors (Lipinski definition) is 4. The van der Waals surface area contributed by atoms with Crippen LogP contribution in [0.4, 0.5) is 4.39 Å². The fourth-order valence-electron chi connectivity index (χ4n) is 2.93. The Hall–Kier alpha value is -0.980. The van der Waals surface area contributed by atoms with Gasteiger partial charge >= 0.3 is 0 Å². The van der Waals surface area contributed by atoms with Crippen molar-refractivity contribution in [2.45, 2.75) is 31.7 Å². The Balaban J connectivity index is 2.10. The molecule has 0 amide bonds. The van der Waals surface area contributed by atoms with Crippen molar-refractivity contribution in [3.8, 4) is 0 Å². The van der Waals surface area contributed by atoms with Crippen LogP contribution < -0.4 is 5.32 Å². The van der Waals surface area contributed by atoms with Crippen LogP contribution >= 0.6 is 0 Å². The number of rotatable bonds is 7. The van der Waals surface area contributed by atoms with Crippen LogP contribution in [0, 0.1) is 5.82 Å². The lowest BCUT2D eigenvalue weighted by Gasteiger charge is -2.39. The van der Waals surface area contributed by atoms with Crippen molar-refractivity contribution in [3.63, 3.8) is 0 Å².